The fourth-order valence-corrected chi connectivity index (χ4v) is 1.33. The van der Waals surface area contributed by atoms with Gasteiger partial charge in [0.25, 0.3) is 6.43 Å². The maximum absolute atomic E-state index is 12.3. The van der Waals surface area contributed by atoms with E-state index in [-0.39, 0.29) is 22.2 Å². The lowest BCUT2D eigenvalue weighted by Crippen LogP contribution is -2.02. The van der Waals surface area contributed by atoms with E-state index < -0.39 is 12.1 Å². The van der Waals surface area contributed by atoms with Crippen LogP contribution in [-0.2, 0) is 5.88 Å². The Morgan fingerprint density at radius 2 is 2.15 bits per heavy atom. The summed E-state index contributed by atoms with van der Waals surface area (Å²) in [5.74, 6) is -0.126. The van der Waals surface area contributed by atoms with Gasteiger partial charge >= 0.3 is 0 Å². The largest absolute Gasteiger partial charge is 0.397 e. The molecule has 0 aliphatic carbocycles. The van der Waals surface area contributed by atoms with E-state index in [0.29, 0.717) is 0 Å². The van der Waals surface area contributed by atoms with Crippen LogP contribution in [0.15, 0.2) is 6.20 Å². The molecular formula is C7H6Cl2F2N2. The maximum Gasteiger partial charge on any atom is 0.280 e. The number of hydrogen-bond donors (Lipinski definition) is 1. The molecule has 6 heteroatoms. The van der Waals surface area contributed by atoms with Crippen LogP contribution in [0, 0.1) is 0 Å². The molecule has 0 saturated carbocycles. The first kappa shape index (κ1) is 10.5. The first-order valence-electron chi connectivity index (χ1n) is 3.34. The minimum absolute atomic E-state index is 0.0713. The smallest absolute Gasteiger partial charge is 0.280 e. The van der Waals surface area contributed by atoms with Gasteiger partial charge in [-0.1, -0.05) is 11.6 Å². The maximum atomic E-state index is 12.3. The lowest BCUT2D eigenvalue weighted by atomic mass is 10.2. The molecule has 1 aromatic heterocycles. The fourth-order valence-electron chi connectivity index (χ4n) is 0.884. The van der Waals surface area contributed by atoms with E-state index in [1.165, 1.54) is 0 Å². The minimum Gasteiger partial charge on any atom is -0.397 e. The first-order valence-corrected chi connectivity index (χ1v) is 4.26. The zero-order valence-electron chi connectivity index (χ0n) is 6.40. The number of nitrogen functional groups attached to an aromatic ring is 1. The highest BCUT2D eigenvalue weighted by Crippen LogP contribution is 2.30. The summed E-state index contributed by atoms with van der Waals surface area (Å²) in [7, 11) is 0. The van der Waals surface area contributed by atoms with Crippen molar-refractivity contribution in [2.45, 2.75) is 12.3 Å². The van der Waals surface area contributed by atoms with Gasteiger partial charge in [-0.15, -0.1) is 11.6 Å². The molecule has 0 aliphatic heterocycles. The van der Waals surface area contributed by atoms with Crippen molar-refractivity contribution in [1.82, 2.24) is 4.98 Å². The lowest BCUT2D eigenvalue weighted by molar-refractivity contribution is 0.145. The van der Waals surface area contributed by atoms with Gasteiger partial charge in [0.2, 0.25) is 0 Å². The van der Waals surface area contributed by atoms with E-state index in [1.54, 1.807) is 0 Å². The van der Waals surface area contributed by atoms with Crippen LogP contribution < -0.4 is 5.73 Å². The number of pyridine rings is 1. The predicted octanol–water partition coefficient (Wildman–Crippen LogP) is 2.99. The van der Waals surface area contributed by atoms with Crippen molar-refractivity contribution in [3.8, 4) is 0 Å². The Balaban J connectivity index is 3.30. The molecule has 1 rings (SSSR count). The van der Waals surface area contributed by atoms with Crippen molar-refractivity contribution in [2.75, 3.05) is 5.73 Å². The van der Waals surface area contributed by atoms with E-state index in [4.69, 9.17) is 28.9 Å². The molecule has 1 heterocycles. The number of aromatic nitrogens is 1. The quantitative estimate of drug-likeness (QED) is 0.788. The highest BCUT2D eigenvalue weighted by atomic mass is 35.5. The van der Waals surface area contributed by atoms with Gasteiger partial charge in [-0.2, -0.15) is 0 Å². The molecule has 0 saturated heterocycles. The van der Waals surface area contributed by atoms with Gasteiger partial charge in [0.1, 0.15) is 5.69 Å². The zero-order valence-corrected chi connectivity index (χ0v) is 7.91. The third-order valence-electron chi connectivity index (χ3n) is 1.55. The summed E-state index contributed by atoms with van der Waals surface area (Å²) in [6, 6.07) is 0. The Labute approximate surface area is 83.7 Å². The summed E-state index contributed by atoms with van der Waals surface area (Å²) in [5, 5.41) is 0.139. The van der Waals surface area contributed by atoms with Crippen molar-refractivity contribution in [3.63, 3.8) is 0 Å². The van der Waals surface area contributed by atoms with Gasteiger partial charge in [0.05, 0.1) is 16.6 Å². The second-order valence-electron chi connectivity index (χ2n) is 2.32. The molecule has 0 unspecified atom stereocenters. The fraction of sp³-hybridized carbons (Fsp3) is 0.286. The summed E-state index contributed by atoms with van der Waals surface area (Å²) >= 11 is 11.0. The Morgan fingerprint density at radius 3 is 2.62 bits per heavy atom. The third-order valence-corrected chi connectivity index (χ3v) is 2.12. The van der Waals surface area contributed by atoms with Crippen molar-refractivity contribution in [1.29, 1.82) is 0 Å². The molecule has 13 heavy (non-hydrogen) atoms. The topological polar surface area (TPSA) is 38.9 Å². The monoisotopic (exact) mass is 226 g/mol. The normalized spacial score (nSPS) is 10.8. The highest BCUT2D eigenvalue weighted by molar-refractivity contribution is 6.33. The van der Waals surface area contributed by atoms with E-state index in [2.05, 4.69) is 4.98 Å². The van der Waals surface area contributed by atoms with Crippen molar-refractivity contribution in [3.05, 3.63) is 22.5 Å². The highest BCUT2D eigenvalue weighted by Gasteiger charge is 2.17. The molecule has 2 N–H and O–H groups in total. The molecule has 0 amide bonds. The average molecular weight is 227 g/mol. The summed E-state index contributed by atoms with van der Waals surface area (Å²) in [4.78, 5) is 3.46. The van der Waals surface area contributed by atoms with Crippen LogP contribution >= 0.6 is 23.2 Å². The number of halogens is 4. The second-order valence-corrected chi connectivity index (χ2v) is 2.99. The SMILES string of the molecule is Nc1c(Cl)cnc(C(F)F)c1CCl. The molecular weight excluding hydrogens is 221 g/mol. The Bertz CT molecular complexity index is 318. The van der Waals surface area contributed by atoms with Crippen LogP contribution in [0.5, 0.6) is 0 Å². The summed E-state index contributed by atoms with van der Waals surface area (Å²) in [6.45, 7) is 0. The van der Waals surface area contributed by atoms with Gasteiger partial charge in [-0.3, -0.25) is 4.98 Å². The van der Waals surface area contributed by atoms with Crippen molar-refractivity contribution in [2.24, 2.45) is 0 Å². The van der Waals surface area contributed by atoms with Crippen LogP contribution in [0.2, 0.25) is 5.02 Å². The molecule has 2 nitrogen and oxygen atoms in total. The van der Waals surface area contributed by atoms with Crippen molar-refractivity contribution >= 4 is 28.9 Å². The van der Waals surface area contributed by atoms with Gasteiger partial charge in [0, 0.05) is 11.8 Å². The van der Waals surface area contributed by atoms with Crippen LogP contribution in [-0.4, -0.2) is 4.98 Å². The molecule has 0 radical (unpaired) electrons. The van der Waals surface area contributed by atoms with E-state index in [9.17, 15) is 8.78 Å². The Morgan fingerprint density at radius 1 is 1.54 bits per heavy atom. The molecule has 0 spiro atoms. The molecule has 0 aromatic carbocycles. The molecule has 72 valence electrons. The summed E-state index contributed by atoms with van der Waals surface area (Å²) in [6.07, 6.45) is -1.60. The number of anilines is 1. The van der Waals surface area contributed by atoms with Crippen molar-refractivity contribution < 1.29 is 8.78 Å². The van der Waals surface area contributed by atoms with Gasteiger partial charge < -0.3 is 5.73 Å². The zero-order chi connectivity index (χ0) is 10.0. The molecule has 0 atom stereocenters. The number of alkyl halides is 3. The van der Waals surface area contributed by atoms with E-state index >= 15 is 0 Å². The van der Waals surface area contributed by atoms with Gasteiger partial charge in [-0.05, 0) is 0 Å². The Kier molecular flexibility index (Phi) is 3.27. The molecule has 0 aliphatic rings. The number of rotatable bonds is 2. The standard InChI is InChI=1S/C7H6Cl2F2N2/c8-1-3-5(12)4(9)2-13-6(3)7(10)11/h2,7H,1H2,(H2,12,13). The number of nitrogens with zero attached hydrogens (tertiary/aromatic N) is 1. The molecule has 0 fully saturated rings. The predicted molar refractivity (Wildman–Crippen MR) is 48.2 cm³/mol. The van der Waals surface area contributed by atoms with Crippen LogP contribution in [0.25, 0.3) is 0 Å². The van der Waals surface area contributed by atoms with Crippen LogP contribution in [0.1, 0.15) is 17.7 Å². The average Bonchev–Trinajstić information content (AvgIpc) is 2.09. The van der Waals surface area contributed by atoms with Gasteiger partial charge in [0.15, 0.2) is 0 Å². The second kappa shape index (κ2) is 4.07. The molecule has 0 bridgehead atoms. The lowest BCUT2D eigenvalue weighted by Gasteiger charge is -2.08. The number of hydrogen-bond acceptors (Lipinski definition) is 2. The minimum atomic E-state index is -2.69. The summed E-state index contributed by atoms with van der Waals surface area (Å²) < 4.78 is 24.6. The van der Waals surface area contributed by atoms with Crippen LogP contribution in [0.3, 0.4) is 0 Å². The summed E-state index contributed by atoms with van der Waals surface area (Å²) in [5.41, 5.74) is 5.21. The van der Waals surface area contributed by atoms with Gasteiger partial charge in [-0.25, -0.2) is 8.78 Å². The molecule has 1 aromatic rings. The Hall–Kier alpha value is -0.610. The van der Waals surface area contributed by atoms with Crippen LogP contribution in [0.4, 0.5) is 14.5 Å². The third kappa shape index (κ3) is 2.00. The van der Waals surface area contributed by atoms with E-state index in [0.717, 1.165) is 6.20 Å². The first-order chi connectivity index (χ1) is 6.07. The van der Waals surface area contributed by atoms with E-state index in [1.807, 2.05) is 0 Å². The number of nitrogens with two attached hydrogens (primary N) is 1.